The zero-order valence-electron chi connectivity index (χ0n) is 10.8. The first-order chi connectivity index (χ1) is 9.56. The van der Waals surface area contributed by atoms with Crippen LogP contribution in [-0.2, 0) is 0 Å². The number of halogens is 2. The average Bonchev–Trinajstić information content (AvgIpc) is 2.39. The van der Waals surface area contributed by atoms with E-state index in [2.05, 4.69) is 46.0 Å². The third kappa shape index (κ3) is 2.28. The number of nitrogens with two attached hydrogens (primary N) is 1. The fourth-order valence-corrected chi connectivity index (χ4v) is 3.29. The molecule has 2 aromatic carbocycles. The summed E-state index contributed by atoms with van der Waals surface area (Å²) in [4.78, 5) is 4.15. The van der Waals surface area contributed by atoms with E-state index >= 15 is 0 Å². The first-order valence-corrected chi connectivity index (χ1v) is 7.33. The van der Waals surface area contributed by atoms with Crippen LogP contribution < -0.4 is 5.73 Å². The number of nitrogen functional groups attached to an aromatic ring is 1. The predicted octanol–water partition coefficient (Wildman–Crippen LogP) is 5.21. The summed E-state index contributed by atoms with van der Waals surface area (Å²) in [6.07, 6.45) is 1.78. The van der Waals surface area contributed by atoms with Gasteiger partial charge in [0.15, 0.2) is 0 Å². The summed E-state index contributed by atoms with van der Waals surface area (Å²) >= 11 is 9.94. The van der Waals surface area contributed by atoms with Gasteiger partial charge in [-0.3, -0.25) is 0 Å². The molecular formula is C16H12BrClN2. The molecule has 3 aromatic rings. The fraction of sp³-hybridized carbons (Fsp3) is 0.0625. The minimum absolute atomic E-state index is 0.514. The highest BCUT2D eigenvalue weighted by Crippen LogP contribution is 2.36. The van der Waals surface area contributed by atoms with Gasteiger partial charge in [-0.15, -0.1) is 0 Å². The van der Waals surface area contributed by atoms with E-state index in [1.165, 1.54) is 0 Å². The number of hydrogen-bond donors (Lipinski definition) is 1. The van der Waals surface area contributed by atoms with Crippen molar-refractivity contribution in [2.75, 3.05) is 5.73 Å². The Kier molecular flexibility index (Phi) is 3.40. The van der Waals surface area contributed by atoms with Crippen molar-refractivity contribution in [2.24, 2.45) is 0 Å². The van der Waals surface area contributed by atoms with Crippen molar-refractivity contribution in [1.82, 2.24) is 4.98 Å². The number of aromatic nitrogens is 1. The average molecular weight is 348 g/mol. The topological polar surface area (TPSA) is 38.9 Å². The molecule has 0 unspecified atom stereocenters. The Hall–Kier alpha value is -1.58. The van der Waals surface area contributed by atoms with Gasteiger partial charge in [-0.1, -0.05) is 39.7 Å². The second-order valence-corrected chi connectivity index (χ2v) is 5.98. The summed E-state index contributed by atoms with van der Waals surface area (Å²) < 4.78 is 0.985. The van der Waals surface area contributed by atoms with Crippen LogP contribution in [0.25, 0.3) is 21.9 Å². The van der Waals surface area contributed by atoms with Gasteiger partial charge in [0.1, 0.15) is 5.82 Å². The van der Waals surface area contributed by atoms with Crippen LogP contribution in [0.2, 0.25) is 5.02 Å². The molecule has 0 amide bonds. The zero-order chi connectivity index (χ0) is 14.3. The maximum Gasteiger partial charge on any atom is 0.123 e. The molecule has 3 rings (SSSR count). The smallest absolute Gasteiger partial charge is 0.123 e. The zero-order valence-corrected chi connectivity index (χ0v) is 13.2. The van der Waals surface area contributed by atoms with Gasteiger partial charge in [0.2, 0.25) is 0 Å². The molecule has 0 bridgehead atoms. The van der Waals surface area contributed by atoms with Crippen LogP contribution in [0, 0.1) is 6.92 Å². The van der Waals surface area contributed by atoms with E-state index in [-0.39, 0.29) is 0 Å². The molecule has 0 aliphatic heterocycles. The van der Waals surface area contributed by atoms with Crippen molar-refractivity contribution in [3.63, 3.8) is 0 Å². The molecule has 0 saturated heterocycles. The molecule has 0 aliphatic rings. The highest BCUT2D eigenvalue weighted by molar-refractivity contribution is 9.10. The Morgan fingerprint density at radius 1 is 1.20 bits per heavy atom. The Morgan fingerprint density at radius 2 is 2.00 bits per heavy atom. The maximum absolute atomic E-state index is 6.34. The minimum Gasteiger partial charge on any atom is -0.384 e. The molecule has 4 heteroatoms. The van der Waals surface area contributed by atoms with E-state index in [0.717, 1.165) is 37.0 Å². The third-order valence-electron chi connectivity index (χ3n) is 3.32. The van der Waals surface area contributed by atoms with Crippen LogP contribution in [0.1, 0.15) is 5.56 Å². The normalized spacial score (nSPS) is 10.9. The van der Waals surface area contributed by atoms with Crippen LogP contribution in [0.4, 0.5) is 5.82 Å². The van der Waals surface area contributed by atoms with Gasteiger partial charge in [-0.05, 0) is 42.3 Å². The first kappa shape index (κ1) is 13.4. The van der Waals surface area contributed by atoms with Crippen LogP contribution in [0.15, 0.2) is 47.1 Å². The van der Waals surface area contributed by atoms with Crippen LogP contribution in [-0.4, -0.2) is 4.98 Å². The van der Waals surface area contributed by atoms with E-state index in [9.17, 15) is 0 Å². The van der Waals surface area contributed by atoms with Gasteiger partial charge in [0.05, 0.1) is 0 Å². The molecule has 0 aliphatic carbocycles. The number of nitrogens with zero attached hydrogens (tertiary/aromatic N) is 1. The lowest BCUT2D eigenvalue weighted by Gasteiger charge is -2.11. The summed E-state index contributed by atoms with van der Waals surface area (Å²) in [6.45, 7) is 2.06. The lowest BCUT2D eigenvalue weighted by Crippen LogP contribution is -1.91. The molecule has 2 nitrogen and oxygen atoms in total. The maximum atomic E-state index is 6.34. The predicted molar refractivity (Wildman–Crippen MR) is 89.0 cm³/mol. The van der Waals surface area contributed by atoms with Crippen molar-refractivity contribution >= 4 is 44.1 Å². The quantitative estimate of drug-likeness (QED) is 0.656. The lowest BCUT2D eigenvalue weighted by molar-refractivity contribution is 1.37. The largest absolute Gasteiger partial charge is 0.384 e. The summed E-state index contributed by atoms with van der Waals surface area (Å²) in [5, 5.41) is 2.83. The molecule has 1 aromatic heterocycles. The van der Waals surface area contributed by atoms with Gasteiger partial charge in [0.25, 0.3) is 0 Å². The lowest BCUT2D eigenvalue weighted by atomic mass is 9.98. The molecule has 0 fully saturated rings. The molecule has 0 atom stereocenters. The number of hydrogen-bond acceptors (Lipinski definition) is 2. The summed E-state index contributed by atoms with van der Waals surface area (Å²) in [6, 6.07) is 11.9. The number of rotatable bonds is 1. The summed E-state index contributed by atoms with van der Waals surface area (Å²) in [5.74, 6) is 0.514. The summed E-state index contributed by atoms with van der Waals surface area (Å²) in [5.41, 5.74) is 9.00. The van der Waals surface area contributed by atoms with Crippen molar-refractivity contribution in [3.8, 4) is 11.1 Å². The van der Waals surface area contributed by atoms with E-state index in [4.69, 9.17) is 17.3 Å². The van der Waals surface area contributed by atoms with Crippen molar-refractivity contribution < 1.29 is 0 Å². The second-order valence-electron chi connectivity index (χ2n) is 4.72. The standard InChI is InChI=1S/C16H12BrClN2/c1-9-3-2-4-14(18)16(9)10-5-11-8-20-15(19)7-12(11)13(17)6-10/h2-8H,1H3,(H2,19,20). The molecule has 0 saturated carbocycles. The monoisotopic (exact) mass is 346 g/mol. The Balaban J connectivity index is 2.31. The molecule has 1 heterocycles. The molecule has 0 spiro atoms. The molecule has 20 heavy (non-hydrogen) atoms. The molecular weight excluding hydrogens is 336 g/mol. The number of benzene rings is 2. The minimum atomic E-state index is 0.514. The van der Waals surface area contributed by atoms with Gasteiger partial charge in [-0.2, -0.15) is 0 Å². The third-order valence-corrected chi connectivity index (χ3v) is 4.29. The number of pyridine rings is 1. The highest BCUT2D eigenvalue weighted by atomic mass is 79.9. The number of fused-ring (bicyclic) bond motifs is 1. The summed E-state index contributed by atoms with van der Waals surface area (Å²) in [7, 11) is 0. The number of anilines is 1. The van der Waals surface area contributed by atoms with Gasteiger partial charge < -0.3 is 5.73 Å². The molecule has 2 N–H and O–H groups in total. The van der Waals surface area contributed by atoms with Crippen molar-refractivity contribution in [3.05, 3.63) is 57.7 Å². The first-order valence-electron chi connectivity index (χ1n) is 6.16. The highest BCUT2D eigenvalue weighted by Gasteiger charge is 2.10. The van der Waals surface area contributed by atoms with E-state index in [1.54, 1.807) is 6.20 Å². The fourth-order valence-electron chi connectivity index (χ4n) is 2.37. The Labute approximate surface area is 130 Å². The Bertz CT molecular complexity index is 795. The van der Waals surface area contributed by atoms with Crippen molar-refractivity contribution in [1.29, 1.82) is 0 Å². The van der Waals surface area contributed by atoms with Crippen LogP contribution >= 0.6 is 27.5 Å². The van der Waals surface area contributed by atoms with E-state index in [1.807, 2.05) is 18.2 Å². The van der Waals surface area contributed by atoms with Crippen LogP contribution in [0.3, 0.4) is 0 Å². The Morgan fingerprint density at radius 3 is 2.75 bits per heavy atom. The van der Waals surface area contributed by atoms with Crippen LogP contribution in [0.5, 0.6) is 0 Å². The second kappa shape index (κ2) is 5.08. The SMILES string of the molecule is Cc1cccc(Cl)c1-c1cc(Br)c2cc(N)ncc2c1. The van der Waals surface area contributed by atoms with Crippen molar-refractivity contribution in [2.45, 2.75) is 6.92 Å². The molecule has 100 valence electrons. The van der Waals surface area contributed by atoms with Gasteiger partial charge >= 0.3 is 0 Å². The number of aryl methyl sites for hydroxylation is 1. The van der Waals surface area contributed by atoms with Gasteiger partial charge in [-0.25, -0.2) is 4.98 Å². The van der Waals surface area contributed by atoms with E-state index in [0.29, 0.717) is 5.82 Å². The van der Waals surface area contributed by atoms with Gasteiger partial charge in [0, 0.05) is 32.0 Å². The molecule has 0 radical (unpaired) electrons. The van der Waals surface area contributed by atoms with E-state index < -0.39 is 0 Å².